The van der Waals surface area contributed by atoms with Crippen molar-refractivity contribution in [3.05, 3.63) is 36.7 Å². The fourth-order valence-electron chi connectivity index (χ4n) is 3.44. The molecule has 1 atom stereocenters. The second-order valence-electron chi connectivity index (χ2n) is 6.88. The topological polar surface area (TPSA) is 94.1 Å². The predicted octanol–water partition coefficient (Wildman–Crippen LogP) is 1.16. The molecule has 0 radical (unpaired) electrons. The molecule has 156 valence electrons. The minimum absolute atomic E-state index is 0.246. The first-order chi connectivity index (χ1) is 14.1. The highest BCUT2D eigenvalue weighted by molar-refractivity contribution is 7.89. The molecule has 0 spiro atoms. The number of rotatable bonds is 6. The zero-order valence-corrected chi connectivity index (χ0v) is 17.0. The quantitative estimate of drug-likeness (QED) is 0.687. The van der Waals surface area contributed by atoms with Gasteiger partial charge in [0.1, 0.15) is 24.0 Å². The van der Waals surface area contributed by atoms with E-state index >= 15 is 0 Å². The number of aromatic nitrogens is 2. The van der Waals surface area contributed by atoms with Crippen LogP contribution in [0.5, 0.6) is 11.6 Å². The van der Waals surface area contributed by atoms with Crippen molar-refractivity contribution in [3.63, 3.8) is 0 Å². The second kappa shape index (κ2) is 8.52. The fraction of sp³-hybridized carbons (Fsp3) is 0.474. The number of hydrogen-bond acceptors (Lipinski definition) is 8. The molecule has 3 heterocycles. The van der Waals surface area contributed by atoms with Crippen LogP contribution in [0.4, 0.5) is 5.82 Å². The van der Waals surface area contributed by atoms with Gasteiger partial charge >= 0.3 is 0 Å². The molecular formula is C19H24N4O5S. The van der Waals surface area contributed by atoms with E-state index in [0.717, 1.165) is 18.9 Å². The Kier molecular flexibility index (Phi) is 5.84. The lowest BCUT2D eigenvalue weighted by molar-refractivity contribution is 0.122. The summed E-state index contributed by atoms with van der Waals surface area (Å²) < 4.78 is 43.6. The summed E-state index contributed by atoms with van der Waals surface area (Å²) in [6, 6.07) is 8.20. The van der Waals surface area contributed by atoms with E-state index < -0.39 is 10.0 Å². The van der Waals surface area contributed by atoms with Crippen molar-refractivity contribution < 1.29 is 22.6 Å². The number of benzene rings is 1. The predicted molar refractivity (Wildman–Crippen MR) is 106 cm³/mol. The van der Waals surface area contributed by atoms with Gasteiger partial charge < -0.3 is 19.1 Å². The van der Waals surface area contributed by atoms with Crippen LogP contribution < -0.4 is 14.4 Å². The maximum Gasteiger partial charge on any atom is 0.243 e. The number of hydrogen-bond donors (Lipinski definition) is 0. The average molecular weight is 420 g/mol. The largest absolute Gasteiger partial charge is 0.497 e. The molecule has 0 amide bonds. The van der Waals surface area contributed by atoms with Gasteiger partial charge in [-0.2, -0.15) is 4.31 Å². The highest BCUT2D eigenvalue weighted by Crippen LogP contribution is 2.26. The third-order valence-corrected chi connectivity index (χ3v) is 6.93. The lowest BCUT2D eigenvalue weighted by Crippen LogP contribution is -2.36. The highest BCUT2D eigenvalue weighted by atomic mass is 32.2. The van der Waals surface area contributed by atoms with Gasteiger partial charge in [-0.05, 0) is 30.7 Å². The zero-order chi connectivity index (χ0) is 20.3. The molecule has 2 saturated heterocycles. The summed E-state index contributed by atoms with van der Waals surface area (Å²) in [5.41, 5.74) is 0. The van der Waals surface area contributed by atoms with Crippen molar-refractivity contribution in [2.75, 3.05) is 51.4 Å². The van der Waals surface area contributed by atoms with Gasteiger partial charge in [-0.3, -0.25) is 0 Å². The molecule has 29 heavy (non-hydrogen) atoms. The van der Waals surface area contributed by atoms with Crippen LogP contribution in [0.1, 0.15) is 6.42 Å². The molecule has 9 nitrogen and oxygen atoms in total. The first kappa shape index (κ1) is 19.9. The Balaban J connectivity index is 1.41. The molecule has 2 aliphatic heterocycles. The molecule has 1 unspecified atom stereocenters. The lowest BCUT2D eigenvalue weighted by Gasteiger charge is -2.27. The van der Waals surface area contributed by atoms with Crippen molar-refractivity contribution >= 4 is 15.8 Å². The molecule has 4 rings (SSSR count). The smallest absolute Gasteiger partial charge is 0.243 e. The SMILES string of the molecule is COc1ccc(S(=O)(=O)N2CCC(Oc3cc(N4CCOCC4)ncn3)C2)cc1. The van der Waals surface area contributed by atoms with Crippen molar-refractivity contribution in [2.24, 2.45) is 0 Å². The Morgan fingerprint density at radius 2 is 1.86 bits per heavy atom. The Morgan fingerprint density at radius 3 is 2.59 bits per heavy atom. The zero-order valence-electron chi connectivity index (χ0n) is 16.2. The van der Waals surface area contributed by atoms with E-state index in [4.69, 9.17) is 14.2 Å². The summed E-state index contributed by atoms with van der Waals surface area (Å²) in [6.45, 7) is 3.56. The van der Waals surface area contributed by atoms with Gasteiger partial charge in [-0.1, -0.05) is 0 Å². The fourth-order valence-corrected chi connectivity index (χ4v) is 4.93. The van der Waals surface area contributed by atoms with Gasteiger partial charge in [-0.15, -0.1) is 0 Å². The third-order valence-electron chi connectivity index (χ3n) is 5.06. The van der Waals surface area contributed by atoms with Crippen LogP contribution in [0.2, 0.25) is 0 Å². The standard InChI is InChI=1S/C19H24N4O5S/c1-26-15-2-4-17(5-3-15)29(24,25)23-7-6-16(13-23)28-19-12-18(20-14-21-19)22-8-10-27-11-9-22/h2-5,12,14,16H,6-11,13H2,1H3. The minimum atomic E-state index is -3.57. The van der Waals surface area contributed by atoms with Gasteiger partial charge in [0.2, 0.25) is 15.9 Å². The third kappa shape index (κ3) is 4.44. The van der Waals surface area contributed by atoms with Crippen molar-refractivity contribution in [1.82, 2.24) is 14.3 Å². The maximum atomic E-state index is 12.9. The molecule has 0 bridgehead atoms. The summed E-state index contributed by atoms with van der Waals surface area (Å²) in [5.74, 6) is 1.86. The van der Waals surface area contributed by atoms with Crippen molar-refractivity contribution in [2.45, 2.75) is 17.4 Å². The summed E-state index contributed by atoms with van der Waals surface area (Å²) in [5, 5.41) is 0. The van der Waals surface area contributed by atoms with Crippen LogP contribution in [-0.2, 0) is 14.8 Å². The maximum absolute atomic E-state index is 12.9. The Bertz CT molecular complexity index is 932. The first-order valence-electron chi connectivity index (χ1n) is 9.52. The van der Waals surface area contributed by atoms with E-state index in [1.54, 1.807) is 37.4 Å². The van der Waals surface area contributed by atoms with Crippen LogP contribution in [0.15, 0.2) is 41.6 Å². The van der Waals surface area contributed by atoms with Crippen LogP contribution in [0.3, 0.4) is 0 Å². The number of methoxy groups -OCH3 is 1. The van der Waals surface area contributed by atoms with Gasteiger partial charge in [0.05, 0.1) is 31.8 Å². The number of morpholine rings is 1. The van der Waals surface area contributed by atoms with E-state index in [0.29, 0.717) is 37.8 Å². The molecule has 0 saturated carbocycles. The summed E-state index contributed by atoms with van der Waals surface area (Å²) in [6.07, 6.45) is 1.82. The van der Waals surface area contributed by atoms with Gasteiger partial charge in [0, 0.05) is 25.7 Å². The highest BCUT2D eigenvalue weighted by Gasteiger charge is 2.34. The molecule has 2 fully saturated rings. The molecule has 1 aromatic heterocycles. The van der Waals surface area contributed by atoms with E-state index in [2.05, 4.69) is 14.9 Å². The van der Waals surface area contributed by atoms with Crippen LogP contribution in [0.25, 0.3) is 0 Å². The summed E-state index contributed by atoms with van der Waals surface area (Å²) >= 11 is 0. The molecular weight excluding hydrogens is 396 g/mol. The molecule has 0 aliphatic carbocycles. The number of ether oxygens (including phenoxy) is 3. The Labute approximate surface area is 170 Å². The molecule has 1 aromatic carbocycles. The van der Waals surface area contributed by atoms with Gasteiger partial charge in [-0.25, -0.2) is 18.4 Å². The molecule has 0 N–H and O–H groups in total. The monoisotopic (exact) mass is 420 g/mol. The molecule has 2 aromatic rings. The number of anilines is 1. The van der Waals surface area contributed by atoms with Crippen LogP contribution >= 0.6 is 0 Å². The van der Waals surface area contributed by atoms with Gasteiger partial charge in [0.15, 0.2) is 0 Å². The second-order valence-corrected chi connectivity index (χ2v) is 8.82. The summed E-state index contributed by atoms with van der Waals surface area (Å²) in [4.78, 5) is 10.9. The van der Waals surface area contributed by atoms with E-state index in [9.17, 15) is 8.42 Å². The molecule has 10 heteroatoms. The minimum Gasteiger partial charge on any atom is -0.497 e. The van der Waals surface area contributed by atoms with Crippen molar-refractivity contribution in [1.29, 1.82) is 0 Å². The van der Waals surface area contributed by atoms with Crippen LogP contribution in [0, 0.1) is 0 Å². The van der Waals surface area contributed by atoms with E-state index in [1.165, 1.54) is 10.6 Å². The first-order valence-corrected chi connectivity index (χ1v) is 11.0. The Morgan fingerprint density at radius 1 is 1.10 bits per heavy atom. The number of sulfonamides is 1. The van der Waals surface area contributed by atoms with E-state index in [1.807, 2.05) is 0 Å². The molecule has 2 aliphatic rings. The Hall–Kier alpha value is -2.43. The average Bonchev–Trinajstić information content (AvgIpc) is 3.24. The van der Waals surface area contributed by atoms with Gasteiger partial charge in [0.25, 0.3) is 0 Å². The van der Waals surface area contributed by atoms with Crippen LogP contribution in [-0.4, -0.2) is 75.3 Å². The number of nitrogens with zero attached hydrogens (tertiary/aromatic N) is 4. The normalized spacial score (nSPS) is 20.6. The summed E-state index contributed by atoms with van der Waals surface area (Å²) in [7, 11) is -2.03. The van der Waals surface area contributed by atoms with Crippen molar-refractivity contribution in [3.8, 4) is 11.6 Å². The lowest BCUT2D eigenvalue weighted by atomic mass is 10.3. The van der Waals surface area contributed by atoms with E-state index in [-0.39, 0.29) is 17.5 Å².